The van der Waals surface area contributed by atoms with Crippen molar-refractivity contribution in [3.63, 3.8) is 0 Å². The predicted octanol–water partition coefficient (Wildman–Crippen LogP) is 13.7. The highest BCUT2D eigenvalue weighted by Crippen LogP contribution is 2.42. The summed E-state index contributed by atoms with van der Waals surface area (Å²) in [5.74, 6) is 0. The standard InChI is InChI=1S/C48H33NO/c1-3-13-34(14-4-1)35-23-27-38(28-24-35)49(40-31-32-46-45-21-11-12-22-47(45)50-48(46)33-40)39-29-25-37(26-30-39)42-18-8-10-20-44(42)43-19-9-7-17-41(43)36-15-5-2-6-16-36/h1-33H. The molecule has 50 heavy (non-hydrogen) atoms. The van der Waals surface area contributed by atoms with E-state index in [2.05, 4.69) is 193 Å². The number of furan rings is 1. The third-order valence-electron chi connectivity index (χ3n) is 9.52. The lowest BCUT2D eigenvalue weighted by molar-refractivity contribution is 0.669. The minimum absolute atomic E-state index is 0.872. The molecule has 2 nitrogen and oxygen atoms in total. The number of para-hydroxylation sites is 1. The van der Waals surface area contributed by atoms with Crippen LogP contribution < -0.4 is 4.90 Å². The van der Waals surface area contributed by atoms with E-state index in [-0.39, 0.29) is 0 Å². The number of fused-ring (bicyclic) bond motifs is 3. The predicted molar refractivity (Wildman–Crippen MR) is 210 cm³/mol. The first-order valence-electron chi connectivity index (χ1n) is 17.0. The van der Waals surface area contributed by atoms with Crippen LogP contribution in [0.5, 0.6) is 0 Å². The Labute approximate surface area is 292 Å². The Kier molecular flexibility index (Phi) is 7.53. The van der Waals surface area contributed by atoms with Crippen molar-refractivity contribution in [2.45, 2.75) is 0 Å². The molecule has 8 aromatic carbocycles. The minimum atomic E-state index is 0.872. The molecule has 0 unspecified atom stereocenters. The van der Waals surface area contributed by atoms with Gasteiger partial charge in [-0.1, -0.05) is 152 Å². The molecule has 1 aromatic heterocycles. The van der Waals surface area contributed by atoms with Gasteiger partial charge in [0.25, 0.3) is 0 Å². The average molecular weight is 640 g/mol. The van der Waals surface area contributed by atoms with E-state index in [0.29, 0.717) is 0 Å². The zero-order valence-corrected chi connectivity index (χ0v) is 27.4. The number of nitrogens with zero attached hydrogens (tertiary/aromatic N) is 1. The van der Waals surface area contributed by atoms with Crippen LogP contribution in [0.4, 0.5) is 17.1 Å². The molecule has 0 radical (unpaired) electrons. The first-order valence-corrected chi connectivity index (χ1v) is 17.0. The zero-order valence-electron chi connectivity index (χ0n) is 27.4. The van der Waals surface area contributed by atoms with Crippen molar-refractivity contribution in [2.75, 3.05) is 4.90 Å². The van der Waals surface area contributed by atoms with Crippen molar-refractivity contribution in [2.24, 2.45) is 0 Å². The van der Waals surface area contributed by atoms with E-state index in [9.17, 15) is 0 Å². The van der Waals surface area contributed by atoms with Gasteiger partial charge in [-0.2, -0.15) is 0 Å². The summed E-state index contributed by atoms with van der Waals surface area (Å²) in [7, 11) is 0. The van der Waals surface area contributed by atoms with Crippen LogP contribution >= 0.6 is 0 Å². The summed E-state index contributed by atoms with van der Waals surface area (Å²) >= 11 is 0. The fourth-order valence-corrected chi connectivity index (χ4v) is 7.08. The molecule has 0 fully saturated rings. The summed E-state index contributed by atoms with van der Waals surface area (Å²) < 4.78 is 6.34. The summed E-state index contributed by atoms with van der Waals surface area (Å²) in [6, 6.07) is 71.0. The van der Waals surface area contributed by atoms with Crippen LogP contribution in [0.1, 0.15) is 0 Å². The Morgan fingerprint density at radius 1 is 0.280 bits per heavy atom. The molecule has 0 aliphatic carbocycles. The van der Waals surface area contributed by atoms with Gasteiger partial charge in [0.2, 0.25) is 0 Å². The van der Waals surface area contributed by atoms with Gasteiger partial charge >= 0.3 is 0 Å². The molecule has 0 bridgehead atoms. The van der Waals surface area contributed by atoms with Gasteiger partial charge in [-0.15, -0.1) is 0 Å². The molecule has 0 atom stereocenters. The highest BCUT2D eigenvalue weighted by atomic mass is 16.3. The molecule has 0 amide bonds. The maximum absolute atomic E-state index is 6.34. The Morgan fingerprint density at radius 2 is 0.700 bits per heavy atom. The largest absolute Gasteiger partial charge is 0.456 e. The van der Waals surface area contributed by atoms with Gasteiger partial charge in [0, 0.05) is 33.9 Å². The summed E-state index contributed by atoms with van der Waals surface area (Å²) in [5, 5.41) is 2.25. The SMILES string of the molecule is c1ccc(-c2ccc(N(c3ccc(-c4ccccc4-c4ccccc4-c4ccccc4)cc3)c3ccc4c(c3)oc3ccccc34)cc2)cc1. The smallest absolute Gasteiger partial charge is 0.137 e. The van der Waals surface area contributed by atoms with Gasteiger partial charge in [-0.3, -0.25) is 0 Å². The molecule has 0 N–H and O–H groups in total. The quantitative estimate of drug-likeness (QED) is 0.173. The van der Waals surface area contributed by atoms with Gasteiger partial charge in [0.15, 0.2) is 0 Å². The number of hydrogen-bond donors (Lipinski definition) is 0. The highest BCUT2D eigenvalue weighted by Gasteiger charge is 2.17. The van der Waals surface area contributed by atoms with Crippen molar-refractivity contribution in [1.29, 1.82) is 0 Å². The summed E-state index contributed by atoms with van der Waals surface area (Å²) in [6.07, 6.45) is 0. The van der Waals surface area contributed by atoms with Gasteiger partial charge in [-0.05, 0) is 87.0 Å². The van der Waals surface area contributed by atoms with Crippen molar-refractivity contribution >= 4 is 39.0 Å². The third kappa shape index (κ3) is 5.43. The van der Waals surface area contributed by atoms with E-state index < -0.39 is 0 Å². The number of anilines is 3. The maximum Gasteiger partial charge on any atom is 0.137 e. The van der Waals surface area contributed by atoms with E-state index in [1.807, 2.05) is 12.1 Å². The molecule has 236 valence electrons. The zero-order chi connectivity index (χ0) is 33.3. The van der Waals surface area contributed by atoms with Gasteiger partial charge < -0.3 is 9.32 Å². The number of hydrogen-bond acceptors (Lipinski definition) is 2. The van der Waals surface area contributed by atoms with Crippen LogP contribution in [0, 0.1) is 0 Å². The average Bonchev–Trinajstić information content (AvgIpc) is 3.57. The second kappa shape index (κ2) is 12.8. The Balaban J connectivity index is 1.14. The lowest BCUT2D eigenvalue weighted by atomic mass is 9.89. The molecular weight excluding hydrogens is 607 g/mol. The van der Waals surface area contributed by atoms with Gasteiger partial charge in [0.1, 0.15) is 11.2 Å². The topological polar surface area (TPSA) is 16.4 Å². The fraction of sp³-hybridized carbons (Fsp3) is 0. The maximum atomic E-state index is 6.34. The highest BCUT2D eigenvalue weighted by molar-refractivity contribution is 6.06. The summed E-state index contributed by atoms with van der Waals surface area (Å²) in [6.45, 7) is 0. The van der Waals surface area contributed by atoms with E-state index in [1.54, 1.807) is 0 Å². The monoisotopic (exact) mass is 639 g/mol. The molecule has 0 aliphatic rings. The van der Waals surface area contributed by atoms with Crippen LogP contribution in [0.25, 0.3) is 66.4 Å². The van der Waals surface area contributed by atoms with Crippen LogP contribution in [0.3, 0.4) is 0 Å². The number of benzene rings is 8. The second-order valence-corrected chi connectivity index (χ2v) is 12.5. The molecule has 2 heteroatoms. The van der Waals surface area contributed by atoms with Crippen LogP contribution in [-0.2, 0) is 0 Å². The molecule has 9 rings (SSSR count). The van der Waals surface area contributed by atoms with Gasteiger partial charge in [0.05, 0.1) is 0 Å². The Bertz CT molecular complexity index is 2570. The molecule has 1 heterocycles. The fourth-order valence-electron chi connectivity index (χ4n) is 7.08. The lowest BCUT2D eigenvalue weighted by Crippen LogP contribution is -2.09. The van der Waals surface area contributed by atoms with Crippen molar-refractivity contribution in [3.8, 4) is 44.5 Å². The van der Waals surface area contributed by atoms with E-state index >= 15 is 0 Å². The van der Waals surface area contributed by atoms with Crippen molar-refractivity contribution < 1.29 is 4.42 Å². The molecule has 0 saturated carbocycles. The van der Waals surface area contributed by atoms with Crippen LogP contribution in [0.2, 0.25) is 0 Å². The van der Waals surface area contributed by atoms with Crippen molar-refractivity contribution in [3.05, 3.63) is 200 Å². The normalized spacial score (nSPS) is 11.2. The van der Waals surface area contributed by atoms with E-state index in [0.717, 1.165) is 39.0 Å². The van der Waals surface area contributed by atoms with E-state index in [1.165, 1.54) is 44.5 Å². The first kappa shape index (κ1) is 29.5. The summed E-state index contributed by atoms with van der Waals surface area (Å²) in [4.78, 5) is 2.31. The van der Waals surface area contributed by atoms with Crippen molar-refractivity contribution in [1.82, 2.24) is 0 Å². The molecular formula is C48H33NO. The molecule has 0 spiro atoms. The van der Waals surface area contributed by atoms with Gasteiger partial charge in [-0.25, -0.2) is 0 Å². The van der Waals surface area contributed by atoms with Crippen LogP contribution in [0.15, 0.2) is 205 Å². The Morgan fingerprint density at radius 3 is 1.32 bits per heavy atom. The molecule has 9 aromatic rings. The number of rotatable bonds is 7. The lowest BCUT2D eigenvalue weighted by Gasteiger charge is -2.26. The minimum Gasteiger partial charge on any atom is -0.456 e. The second-order valence-electron chi connectivity index (χ2n) is 12.5. The van der Waals surface area contributed by atoms with E-state index in [4.69, 9.17) is 4.42 Å². The first-order chi connectivity index (χ1) is 24.8. The van der Waals surface area contributed by atoms with Crippen LogP contribution in [-0.4, -0.2) is 0 Å². The summed E-state index contributed by atoms with van der Waals surface area (Å²) in [5.41, 5.74) is 14.6. The molecule has 0 aliphatic heterocycles. The third-order valence-corrected chi connectivity index (χ3v) is 9.52. The Hall–Kier alpha value is -6.64. The molecule has 0 saturated heterocycles.